The number of hydrogen-bond donors (Lipinski definition) is 2. The molecule has 158 valence electrons. The molecule has 0 atom stereocenters. The molecular weight excluding hydrogens is 410 g/mol. The maximum atomic E-state index is 12.5. The van der Waals surface area contributed by atoms with Gasteiger partial charge in [-0.3, -0.25) is 19.7 Å². The third-order valence-electron chi connectivity index (χ3n) is 4.12. The quantitative estimate of drug-likeness (QED) is 0.345. The van der Waals surface area contributed by atoms with Gasteiger partial charge in [-0.05, 0) is 35.1 Å². The number of non-ortho nitro benzene ring substituents is 1. The van der Waals surface area contributed by atoms with Crippen LogP contribution in [0.3, 0.4) is 0 Å². The van der Waals surface area contributed by atoms with Gasteiger partial charge in [0.15, 0.2) is 0 Å². The van der Waals surface area contributed by atoms with Crippen molar-refractivity contribution in [2.24, 2.45) is 5.10 Å². The molecular formula is C18H15N7O6. The number of aryl methyl sites for hydroxylation is 1. The fourth-order valence-corrected chi connectivity index (χ4v) is 2.72. The van der Waals surface area contributed by atoms with Crippen LogP contribution in [0.4, 0.5) is 17.2 Å². The highest BCUT2D eigenvalue weighted by Gasteiger charge is 2.28. The predicted octanol–water partition coefficient (Wildman–Crippen LogP) is 2.18. The van der Waals surface area contributed by atoms with E-state index in [1.807, 2.05) is 0 Å². The molecule has 2 amide bonds. The van der Waals surface area contributed by atoms with Gasteiger partial charge in [0.05, 0.1) is 16.8 Å². The minimum absolute atomic E-state index is 0.101. The zero-order valence-corrected chi connectivity index (χ0v) is 16.2. The number of nitrogens with zero attached hydrogens (tertiary/aromatic N) is 5. The molecule has 0 aliphatic carbocycles. The van der Waals surface area contributed by atoms with Crippen LogP contribution in [0.25, 0.3) is 5.65 Å². The van der Waals surface area contributed by atoms with Crippen molar-refractivity contribution in [3.8, 4) is 0 Å². The summed E-state index contributed by atoms with van der Waals surface area (Å²) in [5.74, 6) is -1.87. The second kappa shape index (κ2) is 8.36. The van der Waals surface area contributed by atoms with E-state index < -0.39 is 27.3 Å². The molecule has 13 nitrogen and oxygen atoms in total. The Hall–Kier alpha value is -4.68. The molecule has 0 aliphatic heterocycles. The molecule has 31 heavy (non-hydrogen) atoms. The van der Waals surface area contributed by atoms with Gasteiger partial charge in [-0.1, -0.05) is 0 Å². The number of fused-ring (bicyclic) bond motifs is 1. The van der Waals surface area contributed by atoms with Gasteiger partial charge in [0.2, 0.25) is 17.2 Å². The van der Waals surface area contributed by atoms with Crippen molar-refractivity contribution in [1.82, 2.24) is 14.8 Å². The molecule has 2 N–H and O–H groups in total. The summed E-state index contributed by atoms with van der Waals surface area (Å²) < 4.78 is 1.09. The van der Waals surface area contributed by atoms with E-state index in [-0.39, 0.29) is 17.2 Å². The SMILES string of the molecule is CC(=O)Nc1cn2c([N+](=O)[O-])c(C(=O)N/N=C\c3ccc([N+](=O)[O-])cc3)nc2cc1C. The van der Waals surface area contributed by atoms with E-state index in [4.69, 9.17) is 0 Å². The van der Waals surface area contributed by atoms with Gasteiger partial charge in [0, 0.05) is 25.1 Å². The number of benzene rings is 1. The van der Waals surface area contributed by atoms with Gasteiger partial charge in [-0.2, -0.15) is 14.5 Å². The van der Waals surface area contributed by atoms with E-state index in [1.165, 1.54) is 49.7 Å². The average molecular weight is 425 g/mol. The number of carbonyl (C=O) groups is 2. The predicted molar refractivity (Wildman–Crippen MR) is 109 cm³/mol. The number of nitro groups is 2. The van der Waals surface area contributed by atoms with Crippen molar-refractivity contribution in [3.63, 3.8) is 0 Å². The summed E-state index contributed by atoms with van der Waals surface area (Å²) in [6, 6.07) is 6.88. The number of aromatic nitrogens is 2. The number of anilines is 1. The lowest BCUT2D eigenvalue weighted by molar-refractivity contribution is -0.390. The molecule has 2 aromatic heterocycles. The standard InChI is InChI=1S/C18H15N7O6/c1-10-7-15-21-16(18(25(30)31)23(15)9-14(10)20-11(2)26)17(27)22-19-8-12-3-5-13(6-4-12)24(28)29/h3-9H,1-2H3,(H,20,26)(H,22,27)/b19-8-. The second-order valence-corrected chi connectivity index (χ2v) is 6.37. The first-order valence-corrected chi connectivity index (χ1v) is 8.70. The van der Waals surface area contributed by atoms with E-state index in [9.17, 15) is 29.8 Å². The summed E-state index contributed by atoms with van der Waals surface area (Å²) in [7, 11) is 0. The zero-order chi connectivity index (χ0) is 22.7. The van der Waals surface area contributed by atoms with Gasteiger partial charge in [-0.15, -0.1) is 0 Å². The van der Waals surface area contributed by atoms with Crippen molar-refractivity contribution < 1.29 is 19.4 Å². The average Bonchev–Trinajstić information content (AvgIpc) is 3.06. The number of imidazole rings is 1. The largest absolute Gasteiger partial charge is 0.361 e. The van der Waals surface area contributed by atoms with E-state index in [0.717, 1.165) is 4.40 Å². The first kappa shape index (κ1) is 21.0. The lowest BCUT2D eigenvalue weighted by atomic mass is 10.2. The number of hydrazone groups is 1. The summed E-state index contributed by atoms with van der Waals surface area (Å²) in [6.45, 7) is 2.98. The van der Waals surface area contributed by atoms with Gasteiger partial charge >= 0.3 is 5.82 Å². The molecule has 0 bridgehead atoms. The fourth-order valence-electron chi connectivity index (χ4n) is 2.72. The molecule has 2 heterocycles. The van der Waals surface area contributed by atoms with Crippen molar-refractivity contribution in [2.45, 2.75) is 13.8 Å². The van der Waals surface area contributed by atoms with Crippen LogP contribution in [-0.2, 0) is 4.79 Å². The first-order chi connectivity index (χ1) is 14.7. The number of rotatable bonds is 6. The fraction of sp³-hybridized carbons (Fsp3) is 0.111. The van der Waals surface area contributed by atoms with E-state index >= 15 is 0 Å². The molecule has 0 saturated heterocycles. The highest BCUT2D eigenvalue weighted by atomic mass is 16.6. The molecule has 0 radical (unpaired) electrons. The van der Waals surface area contributed by atoms with Crippen molar-refractivity contribution in [3.05, 3.63) is 73.6 Å². The van der Waals surface area contributed by atoms with Crippen molar-refractivity contribution >= 4 is 40.9 Å². The van der Waals surface area contributed by atoms with Crippen LogP contribution in [0.2, 0.25) is 0 Å². The van der Waals surface area contributed by atoms with Gasteiger partial charge in [-0.25, -0.2) is 5.43 Å². The van der Waals surface area contributed by atoms with Crippen LogP contribution >= 0.6 is 0 Å². The Morgan fingerprint density at radius 3 is 2.42 bits per heavy atom. The van der Waals surface area contributed by atoms with E-state index in [0.29, 0.717) is 16.8 Å². The Bertz CT molecular complexity index is 1250. The first-order valence-electron chi connectivity index (χ1n) is 8.70. The van der Waals surface area contributed by atoms with E-state index in [2.05, 4.69) is 20.8 Å². The van der Waals surface area contributed by atoms with Crippen molar-refractivity contribution in [2.75, 3.05) is 5.32 Å². The topological polar surface area (TPSA) is 174 Å². The van der Waals surface area contributed by atoms with Gasteiger partial charge in [0.25, 0.3) is 11.6 Å². The second-order valence-electron chi connectivity index (χ2n) is 6.37. The van der Waals surface area contributed by atoms with Crippen molar-refractivity contribution in [1.29, 1.82) is 0 Å². The maximum absolute atomic E-state index is 12.5. The maximum Gasteiger partial charge on any atom is 0.361 e. The minimum Gasteiger partial charge on any atom is -0.358 e. The van der Waals surface area contributed by atoms with E-state index in [1.54, 1.807) is 6.92 Å². The van der Waals surface area contributed by atoms with Crippen LogP contribution < -0.4 is 10.7 Å². The Morgan fingerprint density at radius 2 is 1.84 bits per heavy atom. The molecule has 3 aromatic rings. The summed E-state index contributed by atoms with van der Waals surface area (Å²) >= 11 is 0. The van der Waals surface area contributed by atoms with Gasteiger partial charge in [0.1, 0.15) is 6.20 Å². The third kappa shape index (κ3) is 4.50. The Labute approximate surface area is 173 Å². The molecule has 0 unspecified atom stereocenters. The highest BCUT2D eigenvalue weighted by molar-refractivity contribution is 5.97. The highest BCUT2D eigenvalue weighted by Crippen LogP contribution is 2.25. The number of carbonyl (C=O) groups excluding carboxylic acids is 2. The zero-order valence-electron chi connectivity index (χ0n) is 16.2. The third-order valence-corrected chi connectivity index (χ3v) is 4.12. The number of pyridine rings is 1. The van der Waals surface area contributed by atoms with Gasteiger partial charge < -0.3 is 15.4 Å². The van der Waals surface area contributed by atoms with Crippen LogP contribution in [0.1, 0.15) is 28.5 Å². The summed E-state index contributed by atoms with van der Waals surface area (Å²) in [5.41, 5.74) is 3.12. The molecule has 0 saturated carbocycles. The smallest absolute Gasteiger partial charge is 0.358 e. The monoisotopic (exact) mass is 425 g/mol. The van der Waals surface area contributed by atoms with Crippen LogP contribution in [-0.4, -0.2) is 37.3 Å². The lowest BCUT2D eigenvalue weighted by Crippen LogP contribution is -2.19. The molecule has 3 rings (SSSR count). The number of hydrogen-bond acceptors (Lipinski definition) is 8. The number of nitrogens with one attached hydrogen (secondary N) is 2. The van der Waals surface area contributed by atoms with Crippen LogP contribution in [0.15, 0.2) is 41.6 Å². The molecule has 0 fully saturated rings. The van der Waals surface area contributed by atoms with Crippen LogP contribution in [0, 0.1) is 27.2 Å². The molecule has 1 aromatic carbocycles. The summed E-state index contributed by atoms with van der Waals surface area (Å²) in [6.07, 6.45) is 2.54. The lowest BCUT2D eigenvalue weighted by Gasteiger charge is -2.04. The number of nitro benzene ring substituents is 1. The Kier molecular flexibility index (Phi) is 5.67. The minimum atomic E-state index is -0.924. The normalized spacial score (nSPS) is 10.9. The molecule has 0 spiro atoms. The van der Waals surface area contributed by atoms with Crippen LogP contribution in [0.5, 0.6) is 0 Å². The molecule has 13 heteroatoms. The molecule has 0 aliphatic rings. The Morgan fingerprint density at radius 1 is 1.16 bits per heavy atom. The summed E-state index contributed by atoms with van der Waals surface area (Å²) in [5, 5.41) is 28.5. The number of amides is 2. The summed E-state index contributed by atoms with van der Waals surface area (Å²) in [4.78, 5) is 48.7. The Balaban J connectivity index is 1.89.